The molecule has 0 aliphatic rings. The zero-order valence-electron chi connectivity index (χ0n) is 13.2. The van der Waals surface area contributed by atoms with Crippen LogP contribution in [0.3, 0.4) is 0 Å². The molecular formula is C12H20N6O7. The average molecular weight is 360 g/mol. The summed E-state index contributed by atoms with van der Waals surface area (Å²) in [4.78, 5) is 37.9. The lowest BCUT2D eigenvalue weighted by Crippen LogP contribution is -2.52. The van der Waals surface area contributed by atoms with Gasteiger partial charge in [-0.2, -0.15) is 4.98 Å². The van der Waals surface area contributed by atoms with Gasteiger partial charge >= 0.3 is 12.0 Å². The van der Waals surface area contributed by atoms with Gasteiger partial charge in [-0.15, -0.1) is 0 Å². The molecule has 1 aromatic rings. The van der Waals surface area contributed by atoms with Crippen LogP contribution in [-0.2, 0) is 9.59 Å². The number of primary amides is 1. The second-order valence-electron chi connectivity index (χ2n) is 5.18. The molecule has 25 heavy (non-hydrogen) atoms. The highest BCUT2D eigenvalue weighted by molar-refractivity contribution is 5.83. The molecule has 0 spiro atoms. The molecule has 1 rings (SSSR count). The first-order valence-corrected chi connectivity index (χ1v) is 7.11. The van der Waals surface area contributed by atoms with Crippen molar-refractivity contribution in [1.29, 1.82) is 0 Å². The standard InChI is InChI=1S/C12H20N6O7/c1-4(20)8(11(22)23)16-12(24)15-6(2-7(14)21)10-17-9(18-25-10)5(13)3-19/h4-6,8,19-20H,2-3,13H2,1H3,(H2,14,21)(H,22,23)(H2,15,16,24)/t4-,5-,6+,8+/m1/s1. The molecule has 3 amide bonds. The topological polar surface area (TPSA) is 227 Å². The highest BCUT2D eigenvalue weighted by Gasteiger charge is 2.29. The maximum Gasteiger partial charge on any atom is 0.328 e. The first kappa shape index (κ1) is 20.3. The Morgan fingerprint density at radius 1 is 1.32 bits per heavy atom. The minimum absolute atomic E-state index is 0.0541. The normalized spacial score (nSPS) is 15.7. The predicted molar refractivity (Wildman–Crippen MR) is 79.6 cm³/mol. The molecule has 1 aromatic heterocycles. The number of carbonyl (C=O) groups excluding carboxylic acids is 2. The van der Waals surface area contributed by atoms with E-state index in [1.54, 1.807) is 0 Å². The van der Waals surface area contributed by atoms with Crippen LogP contribution in [0.15, 0.2) is 4.52 Å². The fraction of sp³-hybridized carbons (Fsp3) is 0.583. The summed E-state index contributed by atoms with van der Waals surface area (Å²) in [6.45, 7) is 0.725. The Kier molecular flexibility index (Phi) is 7.22. The van der Waals surface area contributed by atoms with E-state index < -0.39 is 55.2 Å². The Morgan fingerprint density at radius 3 is 2.44 bits per heavy atom. The second kappa shape index (κ2) is 8.91. The number of hydrogen-bond acceptors (Lipinski definition) is 9. The molecule has 0 bridgehead atoms. The van der Waals surface area contributed by atoms with Gasteiger partial charge in [-0.3, -0.25) is 4.79 Å². The van der Waals surface area contributed by atoms with Crippen LogP contribution in [-0.4, -0.2) is 62.1 Å². The van der Waals surface area contributed by atoms with E-state index in [4.69, 9.17) is 26.2 Å². The lowest BCUT2D eigenvalue weighted by Gasteiger charge is -2.19. The Hall–Kier alpha value is -2.77. The number of carboxylic acids is 1. The van der Waals surface area contributed by atoms with Gasteiger partial charge in [0.2, 0.25) is 11.8 Å². The number of carboxylic acid groups (broad SMARTS) is 1. The molecule has 0 radical (unpaired) electrons. The highest BCUT2D eigenvalue weighted by atomic mass is 16.5. The van der Waals surface area contributed by atoms with Gasteiger partial charge in [0.15, 0.2) is 11.9 Å². The minimum atomic E-state index is -1.57. The second-order valence-corrected chi connectivity index (χ2v) is 5.18. The minimum Gasteiger partial charge on any atom is -0.480 e. The van der Waals surface area contributed by atoms with Crippen molar-refractivity contribution in [2.24, 2.45) is 11.5 Å². The van der Waals surface area contributed by atoms with Gasteiger partial charge in [-0.25, -0.2) is 9.59 Å². The van der Waals surface area contributed by atoms with Crippen molar-refractivity contribution in [3.8, 4) is 0 Å². The quantitative estimate of drug-likeness (QED) is 0.238. The number of aliphatic carboxylic acids is 1. The molecule has 0 fully saturated rings. The number of aromatic nitrogens is 2. The fourth-order valence-electron chi connectivity index (χ4n) is 1.75. The first-order chi connectivity index (χ1) is 11.6. The van der Waals surface area contributed by atoms with Gasteiger partial charge in [-0.1, -0.05) is 5.16 Å². The molecule has 9 N–H and O–H groups in total. The Morgan fingerprint density at radius 2 is 1.96 bits per heavy atom. The molecule has 4 atom stereocenters. The molecular weight excluding hydrogens is 340 g/mol. The van der Waals surface area contributed by atoms with Crippen molar-refractivity contribution in [1.82, 2.24) is 20.8 Å². The number of nitrogens with zero attached hydrogens (tertiary/aromatic N) is 2. The number of carbonyl (C=O) groups is 3. The Bertz CT molecular complexity index is 619. The number of nitrogens with one attached hydrogen (secondary N) is 2. The molecule has 0 aromatic carbocycles. The van der Waals surface area contributed by atoms with Crippen molar-refractivity contribution in [3.05, 3.63) is 11.7 Å². The molecule has 0 aliphatic carbocycles. The fourth-order valence-corrected chi connectivity index (χ4v) is 1.75. The van der Waals surface area contributed by atoms with Crippen LogP contribution in [0.25, 0.3) is 0 Å². The summed E-state index contributed by atoms with van der Waals surface area (Å²) in [5.41, 5.74) is 10.6. The zero-order chi connectivity index (χ0) is 19.1. The number of hydrogen-bond donors (Lipinski definition) is 7. The van der Waals surface area contributed by atoms with E-state index >= 15 is 0 Å². The number of amides is 3. The molecule has 0 saturated heterocycles. The van der Waals surface area contributed by atoms with Crippen molar-refractivity contribution in [2.45, 2.75) is 37.6 Å². The number of rotatable bonds is 9. The number of nitrogens with two attached hydrogens (primary N) is 2. The average Bonchev–Trinajstić information content (AvgIpc) is 3.00. The Balaban J connectivity index is 2.89. The van der Waals surface area contributed by atoms with E-state index in [1.165, 1.54) is 6.92 Å². The molecule has 13 heteroatoms. The lowest BCUT2D eigenvalue weighted by molar-refractivity contribution is -0.141. The molecule has 13 nitrogen and oxygen atoms in total. The van der Waals surface area contributed by atoms with E-state index in [1.807, 2.05) is 5.32 Å². The zero-order valence-corrected chi connectivity index (χ0v) is 13.2. The van der Waals surface area contributed by atoms with Crippen LogP contribution < -0.4 is 22.1 Å². The highest BCUT2D eigenvalue weighted by Crippen LogP contribution is 2.16. The molecule has 0 unspecified atom stereocenters. The smallest absolute Gasteiger partial charge is 0.328 e. The van der Waals surface area contributed by atoms with Gasteiger partial charge in [-0.05, 0) is 6.92 Å². The number of aliphatic hydroxyl groups excluding tert-OH is 2. The van der Waals surface area contributed by atoms with E-state index in [9.17, 15) is 19.5 Å². The molecule has 140 valence electrons. The van der Waals surface area contributed by atoms with E-state index in [2.05, 4.69) is 15.5 Å². The number of urea groups is 1. The third-order valence-electron chi connectivity index (χ3n) is 3.03. The Labute approximate surface area is 141 Å². The first-order valence-electron chi connectivity index (χ1n) is 7.11. The number of aliphatic hydroxyl groups is 2. The predicted octanol–water partition coefficient (Wildman–Crippen LogP) is -2.89. The van der Waals surface area contributed by atoms with Gasteiger partial charge < -0.3 is 41.9 Å². The molecule has 0 saturated carbocycles. The van der Waals surface area contributed by atoms with Crippen LogP contribution in [0.2, 0.25) is 0 Å². The van der Waals surface area contributed by atoms with E-state index in [0.717, 1.165) is 0 Å². The third kappa shape index (κ3) is 5.98. The van der Waals surface area contributed by atoms with E-state index in [-0.39, 0.29) is 11.7 Å². The summed E-state index contributed by atoms with van der Waals surface area (Å²) in [7, 11) is 0. The van der Waals surface area contributed by atoms with Crippen molar-refractivity contribution >= 4 is 17.9 Å². The largest absolute Gasteiger partial charge is 0.480 e. The maximum atomic E-state index is 11.9. The van der Waals surface area contributed by atoms with Crippen molar-refractivity contribution < 1.29 is 34.2 Å². The van der Waals surface area contributed by atoms with Crippen molar-refractivity contribution in [3.63, 3.8) is 0 Å². The van der Waals surface area contributed by atoms with Crippen LogP contribution in [0.5, 0.6) is 0 Å². The lowest BCUT2D eigenvalue weighted by atomic mass is 10.2. The summed E-state index contributed by atoms with van der Waals surface area (Å²) in [6, 6.07) is -4.67. The molecule has 0 aliphatic heterocycles. The van der Waals surface area contributed by atoms with Gasteiger partial charge in [0.25, 0.3) is 0 Å². The van der Waals surface area contributed by atoms with Crippen LogP contribution in [0.4, 0.5) is 4.79 Å². The van der Waals surface area contributed by atoms with Crippen LogP contribution >= 0.6 is 0 Å². The molecule has 1 heterocycles. The summed E-state index contributed by atoms with van der Waals surface area (Å²) >= 11 is 0. The summed E-state index contributed by atoms with van der Waals surface area (Å²) in [5, 5.41) is 35.0. The summed E-state index contributed by atoms with van der Waals surface area (Å²) in [5.74, 6) is -2.52. The third-order valence-corrected chi connectivity index (χ3v) is 3.03. The van der Waals surface area contributed by atoms with E-state index in [0.29, 0.717) is 0 Å². The summed E-state index contributed by atoms with van der Waals surface area (Å²) in [6.07, 6.45) is -1.79. The maximum absolute atomic E-state index is 11.9. The SMILES string of the molecule is C[C@@H](O)[C@H](NC(=O)N[C@@H](CC(N)=O)c1nc([C@H](N)CO)no1)C(=O)O. The van der Waals surface area contributed by atoms with Gasteiger partial charge in [0, 0.05) is 0 Å². The van der Waals surface area contributed by atoms with Crippen LogP contribution in [0.1, 0.15) is 37.1 Å². The monoisotopic (exact) mass is 360 g/mol. The van der Waals surface area contributed by atoms with Gasteiger partial charge in [0.05, 0.1) is 25.2 Å². The van der Waals surface area contributed by atoms with Crippen molar-refractivity contribution in [2.75, 3.05) is 6.61 Å². The van der Waals surface area contributed by atoms with Gasteiger partial charge in [0.1, 0.15) is 6.04 Å². The summed E-state index contributed by atoms with van der Waals surface area (Å²) < 4.78 is 4.88. The van der Waals surface area contributed by atoms with Crippen LogP contribution in [0, 0.1) is 0 Å².